The predicted molar refractivity (Wildman–Crippen MR) is 91.2 cm³/mol. The van der Waals surface area contributed by atoms with E-state index in [0.717, 1.165) is 29.8 Å². The number of carbonyl (C=O) groups excluding carboxylic acids is 3. The highest BCUT2D eigenvalue weighted by Gasteiger charge is 2.36. The number of fused-ring (bicyclic) bond motifs is 1. The quantitative estimate of drug-likeness (QED) is 0.601. The Morgan fingerprint density at radius 2 is 2.12 bits per heavy atom. The molecule has 0 aromatic heterocycles. The second-order valence-corrected chi connectivity index (χ2v) is 6.59. The van der Waals surface area contributed by atoms with Gasteiger partial charge in [0.15, 0.2) is 12.6 Å². The van der Waals surface area contributed by atoms with Gasteiger partial charge in [-0.2, -0.15) is 0 Å². The lowest BCUT2D eigenvalue weighted by Gasteiger charge is -2.30. The van der Waals surface area contributed by atoms with Crippen molar-refractivity contribution >= 4 is 23.5 Å². The minimum Gasteiger partial charge on any atom is -0.469 e. The molecule has 1 heterocycles. The monoisotopic (exact) mass is 346 g/mol. The maximum atomic E-state index is 12.4. The summed E-state index contributed by atoms with van der Waals surface area (Å²) in [5.74, 6) is -0.812. The van der Waals surface area contributed by atoms with Crippen LogP contribution in [0.4, 0.5) is 5.69 Å². The Bertz CT molecular complexity index is 689. The molecule has 2 amide bonds. The van der Waals surface area contributed by atoms with E-state index in [2.05, 4.69) is 21.4 Å². The number of esters is 1. The van der Waals surface area contributed by atoms with Gasteiger partial charge in [-0.3, -0.25) is 14.4 Å². The molecule has 25 heavy (non-hydrogen) atoms. The van der Waals surface area contributed by atoms with Crippen LogP contribution in [0.5, 0.6) is 0 Å². The number of carbonyl (C=O) groups is 3. The van der Waals surface area contributed by atoms with Crippen molar-refractivity contribution in [2.75, 3.05) is 32.1 Å². The highest BCUT2D eigenvalue weighted by molar-refractivity contribution is 5.92. The fourth-order valence-corrected chi connectivity index (χ4v) is 3.59. The van der Waals surface area contributed by atoms with E-state index >= 15 is 0 Å². The third-order valence-electron chi connectivity index (χ3n) is 4.92. The van der Waals surface area contributed by atoms with Crippen molar-refractivity contribution in [2.24, 2.45) is 0 Å². The zero-order valence-corrected chi connectivity index (χ0v) is 14.4. The second kappa shape index (κ2) is 7.65. The van der Waals surface area contributed by atoms with E-state index in [1.165, 1.54) is 18.2 Å². The molecule has 1 aliphatic heterocycles. The normalized spacial score (nSPS) is 22.0. The summed E-state index contributed by atoms with van der Waals surface area (Å²) in [4.78, 5) is 36.8. The van der Waals surface area contributed by atoms with Crippen molar-refractivity contribution < 1.29 is 24.0 Å². The Kier molecular flexibility index (Phi) is 5.33. The summed E-state index contributed by atoms with van der Waals surface area (Å²) in [5.41, 5.74) is 3.44. The maximum Gasteiger partial charge on any atom is 0.312 e. The fraction of sp³-hybridized carbons (Fsp3) is 0.500. The van der Waals surface area contributed by atoms with Gasteiger partial charge in [0.05, 0.1) is 20.2 Å². The average Bonchev–Trinajstić information content (AvgIpc) is 3.05. The number of ether oxygens (including phenoxy) is 1. The molecule has 0 bridgehead atoms. The van der Waals surface area contributed by atoms with Crippen molar-refractivity contribution in [3.8, 4) is 0 Å². The minimum atomic E-state index is -0.591. The zero-order valence-electron chi connectivity index (χ0n) is 14.4. The van der Waals surface area contributed by atoms with Crippen LogP contribution in [-0.4, -0.2) is 50.6 Å². The molecule has 3 N–H and O–H groups in total. The standard InChI is InChI=1S/C18H23N3O4/c1-25-17(23)10-15-18(24)19-7-8-21(15)11-16(22)20-14-6-5-12-3-2-4-13(12)9-14/h5-6,9,15H,2-4,7-8,10-11H2,1H3,(H,19,24)(H,20,22)/p+1/t15-/m0/s1. The van der Waals surface area contributed by atoms with E-state index in [-0.39, 0.29) is 24.8 Å². The lowest BCUT2D eigenvalue weighted by atomic mass is 10.1. The molecule has 2 atom stereocenters. The molecule has 0 spiro atoms. The van der Waals surface area contributed by atoms with Gasteiger partial charge in [-0.15, -0.1) is 0 Å². The van der Waals surface area contributed by atoms with Gasteiger partial charge in [-0.25, -0.2) is 0 Å². The number of anilines is 1. The molecule has 3 rings (SSSR count). The predicted octanol–water partition coefficient (Wildman–Crippen LogP) is -0.940. The van der Waals surface area contributed by atoms with Crippen molar-refractivity contribution in [1.82, 2.24) is 5.32 Å². The number of hydrogen-bond donors (Lipinski definition) is 3. The SMILES string of the molecule is COC(=O)C[C@H]1C(=O)NCC[NH+]1CC(=O)Nc1ccc2c(c1)CCC2. The highest BCUT2D eigenvalue weighted by Crippen LogP contribution is 2.24. The third kappa shape index (κ3) is 4.17. The molecule has 7 nitrogen and oxygen atoms in total. The fourth-order valence-electron chi connectivity index (χ4n) is 3.59. The van der Waals surface area contributed by atoms with Crippen LogP contribution in [-0.2, 0) is 32.0 Å². The van der Waals surface area contributed by atoms with Gasteiger partial charge in [0.2, 0.25) is 0 Å². The number of piperazine rings is 1. The highest BCUT2D eigenvalue weighted by atomic mass is 16.5. The Morgan fingerprint density at radius 3 is 2.92 bits per heavy atom. The van der Waals surface area contributed by atoms with E-state index in [1.54, 1.807) is 0 Å². The van der Waals surface area contributed by atoms with Crippen LogP contribution < -0.4 is 15.5 Å². The number of amides is 2. The average molecular weight is 346 g/mol. The Morgan fingerprint density at radius 1 is 1.32 bits per heavy atom. The number of quaternary nitrogens is 1. The van der Waals surface area contributed by atoms with E-state index in [0.29, 0.717) is 13.1 Å². The number of rotatable bonds is 5. The first-order chi connectivity index (χ1) is 12.1. The Hall–Kier alpha value is -2.41. The summed E-state index contributed by atoms with van der Waals surface area (Å²) in [6.07, 6.45) is 3.29. The zero-order chi connectivity index (χ0) is 17.8. The van der Waals surface area contributed by atoms with Crippen LogP contribution in [0.2, 0.25) is 0 Å². The van der Waals surface area contributed by atoms with Gasteiger partial charge in [-0.05, 0) is 42.5 Å². The molecular formula is C18H24N3O4+. The van der Waals surface area contributed by atoms with E-state index in [9.17, 15) is 14.4 Å². The van der Waals surface area contributed by atoms with Gasteiger partial charge in [0, 0.05) is 5.69 Å². The smallest absolute Gasteiger partial charge is 0.312 e. The second-order valence-electron chi connectivity index (χ2n) is 6.59. The molecule has 1 aromatic carbocycles. The number of aryl methyl sites for hydroxylation is 2. The summed E-state index contributed by atoms with van der Waals surface area (Å²) in [7, 11) is 1.29. The number of nitrogens with one attached hydrogen (secondary N) is 3. The minimum absolute atomic E-state index is 0.0240. The summed E-state index contributed by atoms with van der Waals surface area (Å²) in [6.45, 7) is 1.25. The topological polar surface area (TPSA) is 88.9 Å². The summed E-state index contributed by atoms with van der Waals surface area (Å²) in [6, 6.07) is 5.43. The molecule has 1 aliphatic carbocycles. The molecule has 1 aromatic rings. The molecular weight excluding hydrogens is 322 g/mol. The lowest BCUT2D eigenvalue weighted by Crippen LogP contribution is -3.20. The maximum absolute atomic E-state index is 12.4. The first kappa shape index (κ1) is 17.4. The van der Waals surface area contributed by atoms with E-state index in [1.807, 2.05) is 12.1 Å². The first-order valence-corrected chi connectivity index (χ1v) is 8.67. The number of methoxy groups -OCH3 is 1. The molecule has 2 aliphatic rings. The van der Waals surface area contributed by atoms with Crippen LogP contribution in [0.3, 0.4) is 0 Å². The Labute approximate surface area is 146 Å². The first-order valence-electron chi connectivity index (χ1n) is 8.67. The van der Waals surface area contributed by atoms with Crippen LogP contribution in [0.25, 0.3) is 0 Å². The van der Waals surface area contributed by atoms with Gasteiger partial charge in [-0.1, -0.05) is 6.07 Å². The summed E-state index contributed by atoms with van der Waals surface area (Å²) in [5, 5.41) is 5.66. The van der Waals surface area contributed by atoms with E-state index < -0.39 is 12.0 Å². The van der Waals surface area contributed by atoms with Crippen LogP contribution >= 0.6 is 0 Å². The summed E-state index contributed by atoms with van der Waals surface area (Å²) < 4.78 is 4.66. The molecule has 1 saturated heterocycles. The molecule has 0 saturated carbocycles. The van der Waals surface area contributed by atoms with Gasteiger partial charge < -0.3 is 20.3 Å². The van der Waals surface area contributed by atoms with Crippen molar-refractivity contribution in [3.63, 3.8) is 0 Å². The Balaban J connectivity index is 1.62. The third-order valence-corrected chi connectivity index (χ3v) is 4.92. The van der Waals surface area contributed by atoms with Gasteiger partial charge in [0.1, 0.15) is 6.42 Å². The molecule has 134 valence electrons. The number of hydrogen-bond acceptors (Lipinski definition) is 4. The summed E-state index contributed by atoms with van der Waals surface area (Å²) >= 11 is 0. The van der Waals surface area contributed by atoms with Crippen LogP contribution in [0, 0.1) is 0 Å². The largest absolute Gasteiger partial charge is 0.469 e. The number of benzene rings is 1. The molecule has 1 unspecified atom stereocenters. The van der Waals surface area contributed by atoms with Crippen LogP contribution in [0.1, 0.15) is 24.0 Å². The van der Waals surface area contributed by atoms with Gasteiger partial charge in [0.25, 0.3) is 11.8 Å². The van der Waals surface area contributed by atoms with E-state index in [4.69, 9.17) is 0 Å². The van der Waals surface area contributed by atoms with Crippen molar-refractivity contribution in [1.29, 1.82) is 0 Å². The van der Waals surface area contributed by atoms with Crippen LogP contribution in [0.15, 0.2) is 18.2 Å². The molecule has 1 fully saturated rings. The van der Waals surface area contributed by atoms with Crippen molar-refractivity contribution in [3.05, 3.63) is 29.3 Å². The lowest BCUT2D eigenvalue weighted by molar-refractivity contribution is -0.909. The molecule has 0 radical (unpaired) electrons. The van der Waals surface area contributed by atoms with Gasteiger partial charge >= 0.3 is 5.97 Å². The molecule has 7 heteroatoms. The van der Waals surface area contributed by atoms with Crippen molar-refractivity contribution in [2.45, 2.75) is 31.7 Å².